The van der Waals surface area contributed by atoms with E-state index in [9.17, 15) is 4.79 Å². The molecule has 0 aromatic rings. The van der Waals surface area contributed by atoms with Gasteiger partial charge in [0.15, 0.2) is 0 Å². The molecule has 3 heteroatoms. The van der Waals surface area contributed by atoms with Crippen LogP contribution in [0.5, 0.6) is 0 Å². The molecule has 0 saturated heterocycles. The van der Waals surface area contributed by atoms with Gasteiger partial charge < -0.3 is 10.4 Å². The third-order valence-electron chi connectivity index (χ3n) is 3.11. The highest BCUT2D eigenvalue weighted by molar-refractivity contribution is 5.76. The van der Waals surface area contributed by atoms with Gasteiger partial charge in [-0.25, -0.2) is 0 Å². The Hall–Kier alpha value is -0.570. The second kappa shape index (κ2) is 7.69. The van der Waals surface area contributed by atoms with Crippen LogP contribution in [0.1, 0.15) is 51.4 Å². The largest absolute Gasteiger partial charge is 0.396 e. The molecule has 15 heavy (non-hydrogen) atoms. The predicted octanol–water partition coefficient (Wildman–Crippen LogP) is 1.85. The number of nitrogens with one attached hydrogen (secondary N) is 1. The third kappa shape index (κ3) is 5.78. The molecule has 0 atom stereocenters. The summed E-state index contributed by atoms with van der Waals surface area (Å²) in [7, 11) is 0. The standard InChI is InChI=1S/C12H23NO2/c14-9-5-8-13-12(15)10-11-6-3-1-2-4-7-11/h11,14H,1-10H2,(H,13,15). The van der Waals surface area contributed by atoms with E-state index in [4.69, 9.17) is 5.11 Å². The van der Waals surface area contributed by atoms with Crippen molar-refractivity contribution in [2.45, 2.75) is 51.4 Å². The zero-order valence-corrected chi connectivity index (χ0v) is 9.50. The fourth-order valence-corrected chi connectivity index (χ4v) is 2.21. The fraction of sp³-hybridized carbons (Fsp3) is 0.917. The molecule has 0 unspecified atom stereocenters. The van der Waals surface area contributed by atoms with Crippen LogP contribution in [-0.2, 0) is 4.79 Å². The van der Waals surface area contributed by atoms with Gasteiger partial charge in [0.05, 0.1) is 0 Å². The molecular formula is C12H23NO2. The number of aliphatic hydroxyl groups is 1. The van der Waals surface area contributed by atoms with Crippen LogP contribution in [0.2, 0.25) is 0 Å². The van der Waals surface area contributed by atoms with Crippen LogP contribution in [0.15, 0.2) is 0 Å². The van der Waals surface area contributed by atoms with Gasteiger partial charge in [-0.05, 0) is 25.2 Å². The lowest BCUT2D eigenvalue weighted by atomic mass is 9.96. The molecule has 88 valence electrons. The molecule has 0 aromatic heterocycles. The van der Waals surface area contributed by atoms with Gasteiger partial charge in [-0.3, -0.25) is 4.79 Å². The van der Waals surface area contributed by atoms with Crippen LogP contribution < -0.4 is 5.32 Å². The van der Waals surface area contributed by atoms with Gasteiger partial charge in [0.2, 0.25) is 5.91 Å². The van der Waals surface area contributed by atoms with Crippen LogP contribution in [0.25, 0.3) is 0 Å². The van der Waals surface area contributed by atoms with Gasteiger partial charge in [-0.2, -0.15) is 0 Å². The molecule has 1 fully saturated rings. The van der Waals surface area contributed by atoms with Crippen LogP contribution >= 0.6 is 0 Å². The van der Waals surface area contributed by atoms with Crippen molar-refractivity contribution >= 4 is 5.91 Å². The van der Waals surface area contributed by atoms with Crippen LogP contribution in [0, 0.1) is 5.92 Å². The second-order valence-electron chi connectivity index (χ2n) is 4.49. The van der Waals surface area contributed by atoms with Gasteiger partial charge in [0.1, 0.15) is 0 Å². The molecule has 1 saturated carbocycles. The maximum Gasteiger partial charge on any atom is 0.220 e. The zero-order chi connectivity index (χ0) is 10.9. The number of amides is 1. The molecule has 1 amide bonds. The molecular weight excluding hydrogens is 190 g/mol. The molecule has 2 N–H and O–H groups in total. The number of aliphatic hydroxyl groups excluding tert-OH is 1. The number of carbonyl (C=O) groups is 1. The lowest BCUT2D eigenvalue weighted by Crippen LogP contribution is -2.26. The van der Waals surface area contributed by atoms with Crippen LogP contribution in [0.4, 0.5) is 0 Å². The molecule has 3 nitrogen and oxygen atoms in total. The minimum Gasteiger partial charge on any atom is -0.396 e. The van der Waals surface area contributed by atoms with E-state index in [1.54, 1.807) is 0 Å². The first-order valence-electron chi connectivity index (χ1n) is 6.20. The Labute approximate surface area is 92.3 Å². The molecule has 0 aliphatic heterocycles. The van der Waals surface area contributed by atoms with Crippen molar-refractivity contribution in [3.05, 3.63) is 0 Å². The summed E-state index contributed by atoms with van der Waals surface area (Å²) in [6.07, 6.45) is 9.02. The van der Waals surface area contributed by atoms with Gasteiger partial charge in [0.25, 0.3) is 0 Å². The number of carbonyl (C=O) groups excluding carboxylic acids is 1. The van der Waals surface area contributed by atoms with Gasteiger partial charge in [-0.15, -0.1) is 0 Å². The number of hydrogen-bond acceptors (Lipinski definition) is 2. The predicted molar refractivity (Wildman–Crippen MR) is 60.5 cm³/mol. The first-order valence-corrected chi connectivity index (χ1v) is 6.20. The monoisotopic (exact) mass is 213 g/mol. The second-order valence-corrected chi connectivity index (χ2v) is 4.49. The van der Waals surface area contributed by atoms with Crippen LogP contribution in [0.3, 0.4) is 0 Å². The maximum absolute atomic E-state index is 11.5. The van der Waals surface area contributed by atoms with Crippen LogP contribution in [-0.4, -0.2) is 24.2 Å². The summed E-state index contributed by atoms with van der Waals surface area (Å²) in [5, 5.41) is 11.4. The van der Waals surface area contributed by atoms with Crippen molar-refractivity contribution in [1.82, 2.24) is 5.32 Å². The highest BCUT2D eigenvalue weighted by atomic mass is 16.3. The quantitative estimate of drug-likeness (QED) is 0.541. The molecule has 1 aliphatic carbocycles. The first kappa shape index (κ1) is 12.5. The van der Waals surface area contributed by atoms with Crippen molar-refractivity contribution in [2.24, 2.45) is 5.92 Å². The summed E-state index contributed by atoms with van der Waals surface area (Å²) >= 11 is 0. The third-order valence-corrected chi connectivity index (χ3v) is 3.11. The molecule has 1 rings (SSSR count). The summed E-state index contributed by atoms with van der Waals surface area (Å²) in [5.41, 5.74) is 0. The minimum atomic E-state index is 0.156. The van der Waals surface area contributed by atoms with E-state index in [1.807, 2.05) is 0 Å². The molecule has 0 heterocycles. The smallest absolute Gasteiger partial charge is 0.220 e. The molecule has 0 spiro atoms. The average Bonchev–Trinajstić information content (AvgIpc) is 2.47. The lowest BCUT2D eigenvalue weighted by Gasteiger charge is -2.13. The summed E-state index contributed by atoms with van der Waals surface area (Å²) in [5.74, 6) is 0.761. The highest BCUT2D eigenvalue weighted by Gasteiger charge is 2.15. The molecule has 0 aromatic carbocycles. The molecule has 0 bridgehead atoms. The van der Waals surface area contributed by atoms with Gasteiger partial charge in [0, 0.05) is 19.6 Å². The first-order chi connectivity index (χ1) is 7.33. The van der Waals surface area contributed by atoms with Crippen molar-refractivity contribution in [3.8, 4) is 0 Å². The fourth-order valence-electron chi connectivity index (χ4n) is 2.21. The Morgan fingerprint density at radius 2 is 1.87 bits per heavy atom. The summed E-state index contributed by atoms with van der Waals surface area (Å²) in [4.78, 5) is 11.5. The lowest BCUT2D eigenvalue weighted by molar-refractivity contribution is -0.122. The van der Waals surface area contributed by atoms with E-state index in [-0.39, 0.29) is 12.5 Å². The van der Waals surface area contributed by atoms with Gasteiger partial charge in [-0.1, -0.05) is 25.7 Å². The summed E-state index contributed by atoms with van der Waals surface area (Å²) in [6, 6.07) is 0. The Morgan fingerprint density at radius 1 is 1.20 bits per heavy atom. The summed E-state index contributed by atoms with van der Waals surface area (Å²) < 4.78 is 0. The van der Waals surface area contributed by atoms with Crippen molar-refractivity contribution in [3.63, 3.8) is 0 Å². The van der Waals surface area contributed by atoms with Crippen molar-refractivity contribution in [1.29, 1.82) is 0 Å². The average molecular weight is 213 g/mol. The van der Waals surface area contributed by atoms with E-state index >= 15 is 0 Å². The van der Waals surface area contributed by atoms with Crippen molar-refractivity contribution in [2.75, 3.05) is 13.2 Å². The topological polar surface area (TPSA) is 49.3 Å². The Kier molecular flexibility index (Phi) is 6.41. The molecule has 1 aliphatic rings. The van der Waals surface area contributed by atoms with Gasteiger partial charge >= 0.3 is 0 Å². The summed E-state index contributed by atoms with van der Waals surface area (Å²) in [6.45, 7) is 0.770. The normalized spacial score (nSPS) is 18.5. The maximum atomic E-state index is 11.5. The Bertz CT molecular complexity index is 174. The van der Waals surface area contributed by atoms with E-state index in [2.05, 4.69) is 5.32 Å². The Morgan fingerprint density at radius 3 is 2.47 bits per heavy atom. The van der Waals surface area contributed by atoms with E-state index < -0.39 is 0 Å². The van der Waals surface area contributed by atoms with Crippen molar-refractivity contribution < 1.29 is 9.90 Å². The minimum absolute atomic E-state index is 0.156. The molecule has 0 radical (unpaired) electrons. The Balaban J connectivity index is 2.12. The van der Waals surface area contributed by atoms with E-state index in [0.717, 1.165) is 0 Å². The van der Waals surface area contributed by atoms with E-state index in [1.165, 1.54) is 38.5 Å². The number of rotatable bonds is 5. The van der Waals surface area contributed by atoms with E-state index in [0.29, 0.717) is 25.3 Å². The highest BCUT2D eigenvalue weighted by Crippen LogP contribution is 2.25. The SMILES string of the molecule is O=C(CC1CCCCCC1)NCCCO. The number of hydrogen-bond donors (Lipinski definition) is 2. The zero-order valence-electron chi connectivity index (χ0n) is 9.50.